The molecule has 0 radical (unpaired) electrons. The van der Waals surface area contributed by atoms with Crippen LogP contribution in [0.1, 0.15) is 36.4 Å². The molecule has 0 aliphatic rings. The minimum absolute atomic E-state index is 0.110. The SMILES string of the molecule is CCC(O)(CC)CNC(=O)c1cc2ccccc2s1. The van der Waals surface area contributed by atoms with E-state index in [4.69, 9.17) is 0 Å². The van der Waals surface area contributed by atoms with Crippen molar-refractivity contribution in [1.82, 2.24) is 5.32 Å². The lowest BCUT2D eigenvalue weighted by atomic mass is 9.98. The van der Waals surface area contributed by atoms with Crippen molar-refractivity contribution < 1.29 is 9.90 Å². The first-order valence-electron chi connectivity index (χ1n) is 6.57. The first-order valence-corrected chi connectivity index (χ1v) is 7.39. The molecule has 0 aliphatic carbocycles. The van der Waals surface area contributed by atoms with Gasteiger partial charge in [-0.3, -0.25) is 4.79 Å². The molecule has 3 nitrogen and oxygen atoms in total. The van der Waals surface area contributed by atoms with Crippen molar-refractivity contribution in [2.75, 3.05) is 6.54 Å². The van der Waals surface area contributed by atoms with E-state index in [0.29, 0.717) is 24.3 Å². The molecule has 0 saturated heterocycles. The third-order valence-corrected chi connectivity index (χ3v) is 4.66. The summed E-state index contributed by atoms with van der Waals surface area (Å²) < 4.78 is 1.11. The Morgan fingerprint density at radius 2 is 2.00 bits per heavy atom. The van der Waals surface area contributed by atoms with Gasteiger partial charge >= 0.3 is 0 Å². The fourth-order valence-electron chi connectivity index (χ4n) is 1.93. The number of nitrogens with one attached hydrogen (secondary N) is 1. The molecule has 0 atom stereocenters. The maximum absolute atomic E-state index is 12.1. The largest absolute Gasteiger partial charge is 0.388 e. The molecule has 2 rings (SSSR count). The molecule has 1 aromatic heterocycles. The first kappa shape index (κ1) is 14.0. The van der Waals surface area contributed by atoms with Crippen molar-refractivity contribution in [2.24, 2.45) is 0 Å². The molecule has 0 spiro atoms. The van der Waals surface area contributed by atoms with Crippen molar-refractivity contribution in [1.29, 1.82) is 0 Å². The molecule has 2 N–H and O–H groups in total. The van der Waals surface area contributed by atoms with Crippen LogP contribution in [-0.4, -0.2) is 23.2 Å². The van der Waals surface area contributed by atoms with Crippen molar-refractivity contribution >= 4 is 27.3 Å². The van der Waals surface area contributed by atoms with E-state index in [1.54, 1.807) is 0 Å². The second-order valence-corrected chi connectivity index (χ2v) is 5.85. The van der Waals surface area contributed by atoms with Crippen molar-refractivity contribution in [3.63, 3.8) is 0 Å². The molecule has 102 valence electrons. The predicted molar refractivity (Wildman–Crippen MR) is 79.7 cm³/mol. The van der Waals surface area contributed by atoms with Gasteiger partial charge < -0.3 is 10.4 Å². The zero-order chi connectivity index (χ0) is 13.9. The van der Waals surface area contributed by atoms with E-state index >= 15 is 0 Å². The van der Waals surface area contributed by atoms with Crippen molar-refractivity contribution in [2.45, 2.75) is 32.3 Å². The van der Waals surface area contributed by atoms with Gasteiger partial charge in [0.25, 0.3) is 5.91 Å². The summed E-state index contributed by atoms with van der Waals surface area (Å²) in [4.78, 5) is 12.8. The molecule has 0 bridgehead atoms. The van der Waals surface area contributed by atoms with Crippen LogP contribution in [0.3, 0.4) is 0 Å². The average molecular weight is 277 g/mol. The number of benzene rings is 1. The number of carbonyl (C=O) groups excluding carboxylic acids is 1. The summed E-state index contributed by atoms with van der Waals surface area (Å²) in [6.07, 6.45) is 1.27. The highest BCUT2D eigenvalue weighted by molar-refractivity contribution is 7.20. The van der Waals surface area contributed by atoms with E-state index in [1.165, 1.54) is 11.3 Å². The average Bonchev–Trinajstić information content (AvgIpc) is 2.88. The Kier molecular flexibility index (Phi) is 4.22. The number of rotatable bonds is 5. The summed E-state index contributed by atoms with van der Waals surface area (Å²) in [5.74, 6) is -0.110. The first-order chi connectivity index (χ1) is 9.08. The van der Waals surface area contributed by atoms with E-state index < -0.39 is 5.60 Å². The lowest BCUT2D eigenvalue weighted by Crippen LogP contribution is -2.41. The summed E-state index contributed by atoms with van der Waals surface area (Å²) in [6.45, 7) is 4.15. The Bertz CT molecular complexity index is 539. The Hall–Kier alpha value is -1.39. The smallest absolute Gasteiger partial charge is 0.261 e. The van der Waals surface area contributed by atoms with E-state index in [0.717, 1.165) is 10.1 Å². The van der Waals surface area contributed by atoms with Crippen molar-refractivity contribution in [3.8, 4) is 0 Å². The lowest BCUT2D eigenvalue weighted by Gasteiger charge is -2.25. The highest BCUT2D eigenvalue weighted by Crippen LogP contribution is 2.25. The Morgan fingerprint density at radius 3 is 2.63 bits per heavy atom. The Labute approximate surface area is 117 Å². The van der Waals surface area contributed by atoms with E-state index in [1.807, 2.05) is 44.2 Å². The molecule has 2 aromatic rings. The Morgan fingerprint density at radius 1 is 1.32 bits per heavy atom. The molecule has 0 saturated carbocycles. The molecule has 1 heterocycles. The highest BCUT2D eigenvalue weighted by Gasteiger charge is 2.23. The maximum Gasteiger partial charge on any atom is 0.261 e. The van der Waals surface area contributed by atoms with Gasteiger partial charge in [0.05, 0.1) is 10.5 Å². The highest BCUT2D eigenvalue weighted by atomic mass is 32.1. The van der Waals surface area contributed by atoms with Gasteiger partial charge in [0, 0.05) is 11.2 Å². The second kappa shape index (κ2) is 5.72. The molecule has 1 aromatic carbocycles. The van der Waals surface area contributed by atoms with E-state index in [9.17, 15) is 9.90 Å². The van der Waals surface area contributed by atoms with Crippen LogP contribution in [0.25, 0.3) is 10.1 Å². The molecule has 4 heteroatoms. The molecule has 1 amide bonds. The summed E-state index contributed by atoms with van der Waals surface area (Å²) in [5, 5.41) is 14.1. The van der Waals surface area contributed by atoms with Gasteiger partial charge in [0.1, 0.15) is 0 Å². The quantitative estimate of drug-likeness (QED) is 0.882. The zero-order valence-corrected chi connectivity index (χ0v) is 12.1. The maximum atomic E-state index is 12.1. The molecule has 0 aliphatic heterocycles. The van der Waals surface area contributed by atoms with Gasteiger partial charge in [-0.1, -0.05) is 32.0 Å². The van der Waals surface area contributed by atoms with Crippen LogP contribution in [0.5, 0.6) is 0 Å². The lowest BCUT2D eigenvalue weighted by molar-refractivity contribution is 0.0314. The van der Waals surface area contributed by atoms with Gasteiger partial charge in [-0.05, 0) is 30.4 Å². The molecular formula is C15H19NO2S. The summed E-state index contributed by atoms with van der Waals surface area (Å²) in [7, 11) is 0. The number of fused-ring (bicyclic) bond motifs is 1. The number of amides is 1. The minimum atomic E-state index is -0.799. The third-order valence-electron chi connectivity index (χ3n) is 3.54. The van der Waals surface area contributed by atoms with Gasteiger partial charge in [-0.15, -0.1) is 11.3 Å². The van der Waals surface area contributed by atoms with Crippen LogP contribution in [0, 0.1) is 0 Å². The summed E-state index contributed by atoms with van der Waals surface area (Å²) in [5.41, 5.74) is -0.799. The van der Waals surface area contributed by atoms with Crippen LogP contribution in [-0.2, 0) is 0 Å². The molecule has 19 heavy (non-hydrogen) atoms. The van der Waals surface area contributed by atoms with Crippen LogP contribution in [0.15, 0.2) is 30.3 Å². The zero-order valence-electron chi connectivity index (χ0n) is 11.3. The molecule has 0 fully saturated rings. The number of hydrogen-bond acceptors (Lipinski definition) is 3. The molecule has 0 unspecified atom stereocenters. The Balaban J connectivity index is 2.08. The fourth-order valence-corrected chi connectivity index (χ4v) is 2.90. The van der Waals surface area contributed by atoms with Crippen LogP contribution < -0.4 is 5.32 Å². The van der Waals surface area contributed by atoms with Gasteiger partial charge in [0.15, 0.2) is 0 Å². The van der Waals surface area contributed by atoms with Gasteiger partial charge in [0.2, 0.25) is 0 Å². The number of thiophene rings is 1. The molecular weight excluding hydrogens is 258 g/mol. The fraction of sp³-hybridized carbons (Fsp3) is 0.400. The minimum Gasteiger partial charge on any atom is -0.388 e. The van der Waals surface area contributed by atoms with E-state index in [-0.39, 0.29) is 5.91 Å². The predicted octanol–water partition coefficient (Wildman–Crippen LogP) is 3.18. The van der Waals surface area contributed by atoms with Crippen LogP contribution >= 0.6 is 11.3 Å². The number of aliphatic hydroxyl groups is 1. The summed E-state index contributed by atoms with van der Waals surface area (Å²) in [6, 6.07) is 9.83. The van der Waals surface area contributed by atoms with E-state index in [2.05, 4.69) is 5.32 Å². The number of carbonyl (C=O) groups is 1. The number of hydrogen-bond donors (Lipinski definition) is 2. The van der Waals surface area contributed by atoms with Crippen LogP contribution in [0.4, 0.5) is 0 Å². The topological polar surface area (TPSA) is 49.3 Å². The summed E-state index contributed by atoms with van der Waals surface area (Å²) >= 11 is 1.48. The standard InChI is InChI=1S/C15H19NO2S/c1-3-15(18,4-2)10-16-14(17)13-9-11-7-5-6-8-12(11)19-13/h5-9,18H,3-4,10H2,1-2H3,(H,16,17). The third kappa shape index (κ3) is 3.14. The van der Waals surface area contributed by atoms with Gasteiger partial charge in [-0.2, -0.15) is 0 Å². The second-order valence-electron chi connectivity index (χ2n) is 4.76. The monoisotopic (exact) mass is 277 g/mol. The normalized spacial score (nSPS) is 11.7. The van der Waals surface area contributed by atoms with Gasteiger partial charge in [-0.25, -0.2) is 0 Å². The van der Waals surface area contributed by atoms with Crippen molar-refractivity contribution in [3.05, 3.63) is 35.2 Å². The van der Waals surface area contributed by atoms with Crippen LogP contribution in [0.2, 0.25) is 0 Å².